The summed E-state index contributed by atoms with van der Waals surface area (Å²) >= 11 is 0. The van der Waals surface area contributed by atoms with Gasteiger partial charge in [0.25, 0.3) is 0 Å². The van der Waals surface area contributed by atoms with E-state index in [-0.39, 0.29) is 34.6 Å². The van der Waals surface area contributed by atoms with E-state index in [0.29, 0.717) is 53.2 Å². The number of aromatic hydroxyl groups is 4. The number of methoxy groups -OCH3 is 1. The van der Waals surface area contributed by atoms with Gasteiger partial charge in [0.05, 0.1) is 24.8 Å². The molecule has 0 fully saturated rings. The van der Waals surface area contributed by atoms with Crippen molar-refractivity contribution >= 4 is 23.7 Å². The van der Waals surface area contributed by atoms with Crippen LogP contribution in [0.1, 0.15) is 74.9 Å². The van der Waals surface area contributed by atoms with Crippen LogP contribution in [0.2, 0.25) is 0 Å². The van der Waals surface area contributed by atoms with E-state index in [4.69, 9.17) is 9.47 Å². The number of carbonyl (C=O) groups is 2. The highest BCUT2D eigenvalue weighted by atomic mass is 16.5. The summed E-state index contributed by atoms with van der Waals surface area (Å²) < 4.78 is 11.2. The van der Waals surface area contributed by atoms with E-state index in [1.807, 2.05) is 64.1 Å². The first-order valence-corrected chi connectivity index (χ1v) is 16.6. The molecule has 4 aromatic rings. The number of carbonyl (C=O) groups excluding carboxylic acids is 2. The van der Waals surface area contributed by atoms with Crippen LogP contribution in [0.3, 0.4) is 0 Å². The van der Waals surface area contributed by atoms with E-state index in [0.717, 1.165) is 22.3 Å². The molecule has 0 atom stereocenters. The lowest BCUT2D eigenvalue weighted by molar-refractivity contribution is 0.103. The maximum Gasteiger partial charge on any atom is 0.185 e. The van der Waals surface area contributed by atoms with Crippen LogP contribution in [0.5, 0.6) is 34.5 Å². The van der Waals surface area contributed by atoms with Crippen LogP contribution in [0.15, 0.2) is 97.1 Å². The molecular weight excluding hydrogens is 644 g/mol. The van der Waals surface area contributed by atoms with Gasteiger partial charge in [0, 0.05) is 11.1 Å². The molecule has 0 saturated heterocycles. The van der Waals surface area contributed by atoms with Crippen molar-refractivity contribution in [3.8, 4) is 34.5 Å². The number of ether oxygens (including phenoxy) is 2. The van der Waals surface area contributed by atoms with Gasteiger partial charge in [-0.15, -0.1) is 0 Å². The fourth-order valence-corrected chi connectivity index (χ4v) is 5.23. The van der Waals surface area contributed by atoms with Gasteiger partial charge in [-0.05, 0) is 155 Å². The van der Waals surface area contributed by atoms with Crippen LogP contribution in [-0.4, -0.2) is 45.7 Å². The normalized spacial score (nSPS) is 11.3. The quantitative estimate of drug-likeness (QED) is 0.0620. The number of ketones is 2. The number of rotatable bonds is 13. The van der Waals surface area contributed by atoms with Crippen molar-refractivity contribution < 1.29 is 39.5 Å². The molecule has 0 heterocycles. The average molecular weight is 691 g/mol. The van der Waals surface area contributed by atoms with Gasteiger partial charge in [0.1, 0.15) is 34.5 Å². The second kappa shape index (κ2) is 19.2. The van der Waals surface area contributed by atoms with E-state index < -0.39 is 0 Å². The topological polar surface area (TPSA) is 134 Å². The summed E-state index contributed by atoms with van der Waals surface area (Å²) in [7, 11) is 1.55. The lowest BCUT2D eigenvalue weighted by atomic mass is 9.97. The summed E-state index contributed by atoms with van der Waals surface area (Å²) in [5, 5.41) is 39.7. The zero-order chi connectivity index (χ0) is 37.5. The first-order chi connectivity index (χ1) is 24.4. The molecule has 266 valence electrons. The first-order valence-electron chi connectivity index (χ1n) is 16.6. The van der Waals surface area contributed by atoms with Crippen molar-refractivity contribution in [1.29, 1.82) is 0 Å². The predicted octanol–water partition coefficient (Wildman–Crippen LogP) is 9.25. The molecule has 0 aliphatic carbocycles. The SMILES string of the molecule is C/C=C/Cc1cc(C/C=C/C)c(OC)c(/C=C/C(=O)c2ccc(O)cc2)c1O.CCOc1c(C)cc(C)c(O)c1/C=C/C(=O)c1ccc(O)cc1. The zero-order valence-electron chi connectivity index (χ0n) is 29.9. The van der Waals surface area contributed by atoms with Crippen LogP contribution in [-0.2, 0) is 12.8 Å². The smallest absolute Gasteiger partial charge is 0.185 e. The zero-order valence-corrected chi connectivity index (χ0v) is 29.9. The third kappa shape index (κ3) is 10.7. The Morgan fingerprint density at radius 2 is 1.12 bits per heavy atom. The van der Waals surface area contributed by atoms with Gasteiger partial charge < -0.3 is 29.9 Å². The third-order valence-corrected chi connectivity index (χ3v) is 7.85. The van der Waals surface area contributed by atoms with E-state index in [1.54, 1.807) is 50.5 Å². The van der Waals surface area contributed by atoms with Gasteiger partial charge in [0.15, 0.2) is 11.6 Å². The highest BCUT2D eigenvalue weighted by Gasteiger charge is 2.17. The third-order valence-electron chi connectivity index (χ3n) is 7.85. The summed E-state index contributed by atoms with van der Waals surface area (Å²) in [5.74, 6) is 1.10. The summed E-state index contributed by atoms with van der Waals surface area (Å²) in [5.41, 5.74) is 5.23. The number of benzene rings is 4. The maximum atomic E-state index is 12.4. The van der Waals surface area contributed by atoms with Crippen molar-refractivity contribution in [3.63, 3.8) is 0 Å². The summed E-state index contributed by atoms with van der Waals surface area (Å²) in [6.07, 6.45) is 15.1. The van der Waals surface area contributed by atoms with Crippen molar-refractivity contribution in [3.05, 3.63) is 142 Å². The summed E-state index contributed by atoms with van der Waals surface area (Å²) in [6.45, 7) is 9.92. The molecule has 8 heteroatoms. The molecule has 0 aliphatic heterocycles. The lowest BCUT2D eigenvalue weighted by Gasteiger charge is -2.15. The van der Waals surface area contributed by atoms with Gasteiger partial charge in [-0.1, -0.05) is 24.3 Å². The number of allylic oxidation sites excluding steroid dienone is 6. The second-order valence-corrected chi connectivity index (χ2v) is 11.6. The minimum absolute atomic E-state index is 0.102. The molecule has 0 saturated carbocycles. The van der Waals surface area contributed by atoms with Crippen molar-refractivity contribution in [2.75, 3.05) is 13.7 Å². The first kappa shape index (κ1) is 39.4. The number of aryl methyl sites for hydroxylation is 2. The Labute approximate surface area is 300 Å². The molecule has 0 unspecified atom stereocenters. The van der Waals surface area contributed by atoms with Crippen molar-refractivity contribution in [2.45, 2.75) is 47.5 Å². The predicted molar refractivity (Wildman–Crippen MR) is 203 cm³/mol. The van der Waals surface area contributed by atoms with Crippen LogP contribution in [0.4, 0.5) is 0 Å². The highest BCUT2D eigenvalue weighted by Crippen LogP contribution is 2.38. The lowest BCUT2D eigenvalue weighted by Crippen LogP contribution is -1.99. The molecule has 4 N–H and O–H groups in total. The second-order valence-electron chi connectivity index (χ2n) is 11.6. The Bertz CT molecular complexity index is 1930. The van der Waals surface area contributed by atoms with E-state index >= 15 is 0 Å². The van der Waals surface area contributed by atoms with Crippen LogP contribution in [0, 0.1) is 13.8 Å². The van der Waals surface area contributed by atoms with Gasteiger partial charge in [-0.2, -0.15) is 0 Å². The molecular formula is C43H46O8. The standard InChI is InChI=1S/C24H26O4.C19H20O4/c1-4-6-8-18-16-19(9-7-5-2)24(28-3)21(23(18)27)14-15-22(26)17-10-12-20(25)13-11-17;1-4-23-19-13(3)11-12(2)18(22)16(19)9-10-17(21)14-5-7-15(20)8-6-14/h4-7,10-16,25,27H,8-9H2,1-3H3;5-11,20,22H,4H2,1-3H3/b6-4+,7-5+,15-14+;10-9+. The Kier molecular flexibility index (Phi) is 14.9. The molecule has 0 aliphatic rings. The number of hydrogen-bond donors (Lipinski definition) is 4. The Hall–Kier alpha value is -6.02. The highest BCUT2D eigenvalue weighted by molar-refractivity contribution is 6.08. The van der Waals surface area contributed by atoms with Gasteiger partial charge >= 0.3 is 0 Å². The maximum absolute atomic E-state index is 12.4. The monoisotopic (exact) mass is 690 g/mol. The number of hydrogen-bond acceptors (Lipinski definition) is 8. The molecule has 0 radical (unpaired) electrons. The molecule has 0 amide bonds. The van der Waals surface area contributed by atoms with Crippen molar-refractivity contribution in [1.82, 2.24) is 0 Å². The van der Waals surface area contributed by atoms with Gasteiger partial charge in [-0.3, -0.25) is 9.59 Å². The largest absolute Gasteiger partial charge is 0.508 e. The fourth-order valence-electron chi connectivity index (χ4n) is 5.23. The fraction of sp³-hybridized carbons (Fsp3) is 0.209. The minimum Gasteiger partial charge on any atom is -0.508 e. The summed E-state index contributed by atoms with van der Waals surface area (Å²) in [4.78, 5) is 24.6. The van der Waals surface area contributed by atoms with Gasteiger partial charge in [0.2, 0.25) is 0 Å². The van der Waals surface area contributed by atoms with E-state index in [9.17, 15) is 30.0 Å². The van der Waals surface area contributed by atoms with Crippen LogP contribution in [0.25, 0.3) is 12.2 Å². The van der Waals surface area contributed by atoms with E-state index in [1.165, 1.54) is 36.4 Å². The van der Waals surface area contributed by atoms with Crippen molar-refractivity contribution in [2.24, 2.45) is 0 Å². The molecule has 0 bridgehead atoms. The molecule has 51 heavy (non-hydrogen) atoms. The summed E-state index contributed by atoms with van der Waals surface area (Å²) in [6, 6.07) is 15.8. The molecule has 8 nitrogen and oxygen atoms in total. The number of phenolic OH excluding ortho intramolecular Hbond substituents is 4. The van der Waals surface area contributed by atoms with Crippen LogP contribution >= 0.6 is 0 Å². The number of phenols is 4. The van der Waals surface area contributed by atoms with E-state index in [2.05, 4.69) is 0 Å². The Morgan fingerprint density at radius 3 is 1.57 bits per heavy atom. The Morgan fingerprint density at radius 1 is 0.647 bits per heavy atom. The van der Waals surface area contributed by atoms with Gasteiger partial charge in [-0.25, -0.2) is 0 Å². The Balaban J connectivity index is 0.000000281. The van der Waals surface area contributed by atoms with Crippen LogP contribution < -0.4 is 9.47 Å². The molecule has 4 aromatic carbocycles. The molecule has 0 spiro atoms. The molecule has 4 rings (SSSR count). The molecule has 0 aromatic heterocycles. The minimum atomic E-state index is -0.227. The average Bonchev–Trinajstić information content (AvgIpc) is 3.12.